The molecule has 0 fully saturated rings. The maximum Gasteiger partial charge on any atom is 0.221 e. The van der Waals surface area contributed by atoms with Crippen molar-refractivity contribution in [3.05, 3.63) is 33.9 Å². The molecule has 78 valence electrons. The summed E-state index contributed by atoms with van der Waals surface area (Å²) < 4.78 is 5.19. The van der Waals surface area contributed by atoms with Crippen molar-refractivity contribution < 1.29 is 4.74 Å². The van der Waals surface area contributed by atoms with Gasteiger partial charge in [-0.25, -0.2) is 4.98 Å². The molecule has 0 N–H and O–H groups in total. The molecule has 0 radical (unpaired) electrons. The summed E-state index contributed by atoms with van der Waals surface area (Å²) >= 11 is 12.1. The van der Waals surface area contributed by atoms with Crippen LogP contribution >= 0.6 is 23.2 Å². The second kappa shape index (κ2) is 3.87. The summed E-state index contributed by atoms with van der Waals surface area (Å²) in [5, 5.41) is 3.01. The van der Waals surface area contributed by atoms with E-state index in [0.29, 0.717) is 15.9 Å². The van der Waals surface area contributed by atoms with Crippen LogP contribution < -0.4 is 4.74 Å². The first-order valence-corrected chi connectivity index (χ1v) is 5.18. The molecule has 0 spiro atoms. The predicted octanol–water partition coefficient (Wildman–Crippen LogP) is 3.86. The molecule has 0 bridgehead atoms. The molecule has 0 aliphatic carbocycles. The van der Waals surface area contributed by atoms with E-state index in [2.05, 4.69) is 4.98 Å². The summed E-state index contributed by atoms with van der Waals surface area (Å²) in [7, 11) is 1.59. The monoisotopic (exact) mass is 241 g/mol. The number of halogens is 2. The van der Waals surface area contributed by atoms with Crippen LogP contribution in [0.5, 0.6) is 5.88 Å². The van der Waals surface area contributed by atoms with E-state index in [1.54, 1.807) is 13.2 Å². The lowest BCUT2D eigenvalue weighted by molar-refractivity contribution is 0.402. The first-order chi connectivity index (χ1) is 7.13. The maximum absolute atomic E-state index is 6.15. The summed E-state index contributed by atoms with van der Waals surface area (Å²) in [6.07, 6.45) is 0. The molecule has 1 aromatic heterocycles. The van der Waals surface area contributed by atoms with Crippen LogP contribution in [0.2, 0.25) is 10.0 Å². The lowest BCUT2D eigenvalue weighted by atomic mass is 10.1. The standard InChI is InChI=1S/C11H9Cl2NO/c1-6-10(13)9-5-7(12)3-4-8(9)11(14-6)15-2/h3-5H,1-2H3. The zero-order valence-electron chi connectivity index (χ0n) is 8.34. The van der Waals surface area contributed by atoms with Gasteiger partial charge in [0.2, 0.25) is 5.88 Å². The molecule has 0 amide bonds. The number of aryl methyl sites for hydroxylation is 1. The highest BCUT2D eigenvalue weighted by Gasteiger charge is 2.10. The van der Waals surface area contributed by atoms with Crippen LogP contribution in [-0.4, -0.2) is 12.1 Å². The van der Waals surface area contributed by atoms with Crippen molar-refractivity contribution in [1.29, 1.82) is 0 Å². The number of hydrogen-bond acceptors (Lipinski definition) is 2. The third kappa shape index (κ3) is 1.75. The van der Waals surface area contributed by atoms with Crippen molar-refractivity contribution in [1.82, 2.24) is 4.98 Å². The Labute approximate surface area is 97.8 Å². The van der Waals surface area contributed by atoms with Gasteiger partial charge in [-0.3, -0.25) is 0 Å². The second-order valence-electron chi connectivity index (χ2n) is 3.21. The highest BCUT2D eigenvalue weighted by atomic mass is 35.5. The van der Waals surface area contributed by atoms with E-state index in [9.17, 15) is 0 Å². The van der Waals surface area contributed by atoms with Gasteiger partial charge in [-0.15, -0.1) is 0 Å². The van der Waals surface area contributed by atoms with Crippen LogP contribution in [0.25, 0.3) is 10.8 Å². The van der Waals surface area contributed by atoms with Gasteiger partial charge in [0, 0.05) is 15.8 Å². The number of hydrogen-bond donors (Lipinski definition) is 0. The first-order valence-electron chi connectivity index (χ1n) is 4.43. The molecule has 0 aliphatic heterocycles. The van der Waals surface area contributed by atoms with Gasteiger partial charge in [0.25, 0.3) is 0 Å². The van der Waals surface area contributed by atoms with Crippen LogP contribution in [0.1, 0.15) is 5.69 Å². The van der Waals surface area contributed by atoms with Crippen LogP contribution in [-0.2, 0) is 0 Å². The van der Waals surface area contributed by atoms with Gasteiger partial charge in [0.15, 0.2) is 0 Å². The summed E-state index contributed by atoms with van der Waals surface area (Å²) in [4.78, 5) is 4.25. The lowest BCUT2D eigenvalue weighted by Crippen LogP contribution is -1.93. The minimum Gasteiger partial charge on any atom is -0.481 e. The molecule has 2 aromatic rings. The number of ether oxygens (including phenoxy) is 1. The highest BCUT2D eigenvalue weighted by molar-refractivity contribution is 6.37. The van der Waals surface area contributed by atoms with Crippen molar-refractivity contribution in [2.75, 3.05) is 7.11 Å². The van der Waals surface area contributed by atoms with Gasteiger partial charge in [-0.05, 0) is 25.1 Å². The Morgan fingerprint density at radius 2 is 1.93 bits per heavy atom. The van der Waals surface area contributed by atoms with Gasteiger partial charge in [0.05, 0.1) is 17.8 Å². The van der Waals surface area contributed by atoms with Gasteiger partial charge in [-0.1, -0.05) is 23.2 Å². The average molecular weight is 242 g/mol. The van der Waals surface area contributed by atoms with E-state index in [1.165, 1.54) is 0 Å². The maximum atomic E-state index is 6.15. The zero-order valence-corrected chi connectivity index (χ0v) is 9.86. The van der Waals surface area contributed by atoms with Gasteiger partial charge >= 0.3 is 0 Å². The first kappa shape index (κ1) is 10.5. The summed E-state index contributed by atoms with van der Waals surface area (Å²) in [5.74, 6) is 0.573. The minimum atomic E-state index is 0.573. The van der Waals surface area contributed by atoms with Crippen molar-refractivity contribution in [3.63, 3.8) is 0 Å². The number of fused-ring (bicyclic) bond motifs is 1. The summed E-state index contributed by atoms with van der Waals surface area (Å²) in [6.45, 7) is 1.84. The Morgan fingerprint density at radius 1 is 1.20 bits per heavy atom. The van der Waals surface area contributed by atoms with E-state index in [-0.39, 0.29) is 0 Å². The van der Waals surface area contributed by atoms with Crippen molar-refractivity contribution in [2.45, 2.75) is 6.92 Å². The molecule has 0 saturated heterocycles. The molecular formula is C11H9Cl2NO. The number of pyridine rings is 1. The molecule has 0 saturated carbocycles. The number of nitrogens with zero attached hydrogens (tertiary/aromatic N) is 1. The number of benzene rings is 1. The Kier molecular flexibility index (Phi) is 2.72. The third-order valence-corrected chi connectivity index (χ3v) is 2.94. The molecule has 1 aromatic carbocycles. The Balaban J connectivity index is 2.90. The molecule has 2 rings (SSSR count). The van der Waals surface area contributed by atoms with Crippen LogP contribution in [0.15, 0.2) is 18.2 Å². The van der Waals surface area contributed by atoms with E-state index >= 15 is 0 Å². The quantitative estimate of drug-likeness (QED) is 0.757. The fraction of sp³-hybridized carbons (Fsp3) is 0.182. The highest BCUT2D eigenvalue weighted by Crippen LogP contribution is 2.33. The van der Waals surface area contributed by atoms with E-state index < -0.39 is 0 Å². The Bertz CT molecular complexity index is 525. The van der Waals surface area contributed by atoms with Gasteiger partial charge < -0.3 is 4.74 Å². The molecule has 15 heavy (non-hydrogen) atoms. The van der Waals surface area contributed by atoms with E-state index in [0.717, 1.165) is 16.5 Å². The van der Waals surface area contributed by atoms with Gasteiger partial charge in [0.1, 0.15) is 0 Å². The van der Waals surface area contributed by atoms with E-state index in [4.69, 9.17) is 27.9 Å². The predicted molar refractivity (Wildman–Crippen MR) is 63.1 cm³/mol. The minimum absolute atomic E-state index is 0.573. The molecule has 1 heterocycles. The van der Waals surface area contributed by atoms with Crippen molar-refractivity contribution >= 4 is 34.0 Å². The largest absolute Gasteiger partial charge is 0.481 e. The summed E-state index contributed by atoms with van der Waals surface area (Å²) in [5.41, 5.74) is 0.739. The Hall–Kier alpha value is -0.990. The molecule has 4 heteroatoms. The van der Waals surface area contributed by atoms with Crippen LogP contribution in [0, 0.1) is 6.92 Å². The molecule has 0 atom stereocenters. The average Bonchev–Trinajstić information content (AvgIpc) is 2.23. The SMILES string of the molecule is COc1nc(C)c(Cl)c2cc(Cl)ccc12. The fourth-order valence-electron chi connectivity index (χ4n) is 1.50. The molecule has 0 aliphatic rings. The lowest BCUT2D eigenvalue weighted by Gasteiger charge is -2.08. The van der Waals surface area contributed by atoms with Crippen molar-refractivity contribution in [3.8, 4) is 5.88 Å². The topological polar surface area (TPSA) is 22.1 Å². The number of aromatic nitrogens is 1. The zero-order chi connectivity index (χ0) is 11.0. The Morgan fingerprint density at radius 3 is 2.60 bits per heavy atom. The molecule has 2 nitrogen and oxygen atoms in total. The van der Waals surface area contributed by atoms with Crippen LogP contribution in [0.4, 0.5) is 0 Å². The van der Waals surface area contributed by atoms with Crippen LogP contribution in [0.3, 0.4) is 0 Å². The van der Waals surface area contributed by atoms with Crippen molar-refractivity contribution in [2.24, 2.45) is 0 Å². The second-order valence-corrected chi connectivity index (χ2v) is 4.02. The summed E-state index contributed by atoms with van der Waals surface area (Å²) in [6, 6.07) is 5.46. The smallest absolute Gasteiger partial charge is 0.221 e. The van der Waals surface area contributed by atoms with E-state index in [1.807, 2.05) is 19.1 Å². The normalized spacial score (nSPS) is 10.7. The third-order valence-electron chi connectivity index (χ3n) is 2.23. The van der Waals surface area contributed by atoms with Gasteiger partial charge in [-0.2, -0.15) is 0 Å². The number of methoxy groups -OCH3 is 1. The number of rotatable bonds is 1. The fourth-order valence-corrected chi connectivity index (χ4v) is 1.87. The molecular weight excluding hydrogens is 233 g/mol. The molecule has 0 unspecified atom stereocenters.